The van der Waals surface area contributed by atoms with Gasteiger partial charge < -0.3 is 0 Å². The lowest BCUT2D eigenvalue weighted by Crippen LogP contribution is -2.30. The molecule has 0 spiro atoms. The first-order valence-electron chi connectivity index (χ1n) is 6.48. The summed E-state index contributed by atoms with van der Waals surface area (Å²) in [5, 5.41) is 0. The zero-order valence-corrected chi connectivity index (χ0v) is 10.6. The predicted octanol–water partition coefficient (Wildman–Crippen LogP) is 2.26. The summed E-state index contributed by atoms with van der Waals surface area (Å²) < 4.78 is 13.8. The molecule has 1 aromatic carbocycles. The SMILES string of the molecule is NNC(c1ccc2c(c1)CCC2)c1ncccc1F. The number of aromatic nitrogens is 1. The number of hydrazine groups is 1. The summed E-state index contributed by atoms with van der Waals surface area (Å²) in [4.78, 5) is 4.10. The maximum absolute atomic E-state index is 13.8. The molecule has 4 heteroatoms. The molecule has 1 heterocycles. The van der Waals surface area contributed by atoms with E-state index in [0.717, 1.165) is 18.4 Å². The first-order chi connectivity index (χ1) is 9.29. The molecule has 1 aliphatic carbocycles. The second kappa shape index (κ2) is 5.07. The molecule has 1 aliphatic rings. The Morgan fingerprint density at radius 3 is 2.84 bits per heavy atom. The van der Waals surface area contributed by atoms with Crippen LogP contribution in [0.15, 0.2) is 36.5 Å². The molecule has 0 amide bonds. The number of hydrogen-bond acceptors (Lipinski definition) is 3. The van der Waals surface area contributed by atoms with Crippen molar-refractivity contribution in [3.05, 3.63) is 64.7 Å². The Kier molecular flexibility index (Phi) is 3.27. The van der Waals surface area contributed by atoms with E-state index in [4.69, 9.17) is 5.84 Å². The number of nitrogens with one attached hydrogen (secondary N) is 1. The molecule has 1 aromatic heterocycles. The van der Waals surface area contributed by atoms with E-state index in [9.17, 15) is 4.39 Å². The Morgan fingerprint density at radius 1 is 1.21 bits per heavy atom. The lowest BCUT2D eigenvalue weighted by molar-refractivity contribution is 0.543. The minimum Gasteiger partial charge on any atom is -0.271 e. The molecule has 1 unspecified atom stereocenters. The van der Waals surface area contributed by atoms with E-state index in [1.54, 1.807) is 12.3 Å². The lowest BCUT2D eigenvalue weighted by Gasteiger charge is -2.17. The number of pyridine rings is 1. The molecule has 0 saturated heterocycles. The van der Waals surface area contributed by atoms with E-state index in [-0.39, 0.29) is 5.82 Å². The van der Waals surface area contributed by atoms with Crippen molar-refractivity contribution in [2.24, 2.45) is 5.84 Å². The van der Waals surface area contributed by atoms with Crippen LogP contribution in [0, 0.1) is 5.82 Å². The van der Waals surface area contributed by atoms with Gasteiger partial charge in [-0.25, -0.2) is 9.82 Å². The minimum absolute atomic E-state index is 0.336. The van der Waals surface area contributed by atoms with Crippen LogP contribution in [0.3, 0.4) is 0 Å². The van der Waals surface area contributed by atoms with Gasteiger partial charge >= 0.3 is 0 Å². The van der Waals surface area contributed by atoms with Gasteiger partial charge in [-0.05, 0) is 48.1 Å². The standard InChI is InChI=1S/C15H16FN3/c16-13-5-2-8-18-15(13)14(19-17)12-7-6-10-3-1-4-11(10)9-12/h2,5-9,14,19H,1,3-4,17H2. The minimum atomic E-state index is -0.410. The third-order valence-electron chi connectivity index (χ3n) is 3.68. The normalized spacial score (nSPS) is 15.3. The van der Waals surface area contributed by atoms with Crippen LogP contribution < -0.4 is 11.3 Å². The van der Waals surface area contributed by atoms with Gasteiger partial charge in [-0.3, -0.25) is 10.8 Å². The molecule has 19 heavy (non-hydrogen) atoms. The number of nitrogens with zero attached hydrogens (tertiary/aromatic N) is 1. The topological polar surface area (TPSA) is 50.9 Å². The summed E-state index contributed by atoms with van der Waals surface area (Å²) in [7, 11) is 0. The third-order valence-corrected chi connectivity index (χ3v) is 3.68. The van der Waals surface area contributed by atoms with Crippen LogP contribution in [-0.2, 0) is 12.8 Å². The largest absolute Gasteiger partial charge is 0.271 e. The number of aryl methyl sites for hydroxylation is 2. The first-order valence-corrected chi connectivity index (χ1v) is 6.48. The highest BCUT2D eigenvalue weighted by molar-refractivity contribution is 5.39. The van der Waals surface area contributed by atoms with E-state index >= 15 is 0 Å². The van der Waals surface area contributed by atoms with Crippen LogP contribution in [0.25, 0.3) is 0 Å². The van der Waals surface area contributed by atoms with Crippen LogP contribution in [0.5, 0.6) is 0 Å². The number of nitrogens with two attached hydrogens (primary N) is 1. The lowest BCUT2D eigenvalue weighted by atomic mass is 9.99. The predicted molar refractivity (Wildman–Crippen MR) is 71.8 cm³/mol. The van der Waals surface area contributed by atoms with Gasteiger partial charge in [-0.15, -0.1) is 0 Å². The van der Waals surface area contributed by atoms with Crippen molar-refractivity contribution >= 4 is 0 Å². The van der Waals surface area contributed by atoms with Crippen molar-refractivity contribution in [3.8, 4) is 0 Å². The average Bonchev–Trinajstić information content (AvgIpc) is 2.89. The molecule has 3 N–H and O–H groups in total. The summed E-state index contributed by atoms with van der Waals surface area (Å²) in [5.41, 5.74) is 6.69. The Balaban J connectivity index is 2.01. The Hall–Kier alpha value is -1.78. The van der Waals surface area contributed by atoms with E-state index in [0.29, 0.717) is 5.69 Å². The van der Waals surface area contributed by atoms with Crippen LogP contribution in [-0.4, -0.2) is 4.98 Å². The molecular weight excluding hydrogens is 241 g/mol. The second-order valence-electron chi connectivity index (χ2n) is 4.85. The van der Waals surface area contributed by atoms with Crippen molar-refractivity contribution in [1.82, 2.24) is 10.4 Å². The van der Waals surface area contributed by atoms with Gasteiger partial charge in [0.15, 0.2) is 0 Å². The maximum Gasteiger partial charge on any atom is 0.146 e. The number of rotatable bonds is 3. The number of fused-ring (bicyclic) bond motifs is 1. The summed E-state index contributed by atoms with van der Waals surface area (Å²) in [6.07, 6.45) is 4.99. The Bertz CT molecular complexity index is 598. The van der Waals surface area contributed by atoms with Crippen molar-refractivity contribution in [2.75, 3.05) is 0 Å². The zero-order valence-electron chi connectivity index (χ0n) is 10.6. The van der Waals surface area contributed by atoms with E-state index in [1.165, 1.54) is 23.6 Å². The van der Waals surface area contributed by atoms with E-state index in [1.807, 2.05) is 6.07 Å². The van der Waals surface area contributed by atoms with Gasteiger partial charge in [0.1, 0.15) is 5.82 Å². The van der Waals surface area contributed by atoms with Crippen LogP contribution in [0.4, 0.5) is 4.39 Å². The van der Waals surface area contributed by atoms with E-state index < -0.39 is 6.04 Å². The zero-order chi connectivity index (χ0) is 13.2. The number of benzene rings is 1. The van der Waals surface area contributed by atoms with Crippen molar-refractivity contribution in [1.29, 1.82) is 0 Å². The molecule has 2 aromatic rings. The molecule has 0 aliphatic heterocycles. The Labute approximate surface area is 111 Å². The molecule has 0 bridgehead atoms. The average molecular weight is 257 g/mol. The molecule has 1 atom stereocenters. The maximum atomic E-state index is 13.8. The monoisotopic (exact) mass is 257 g/mol. The summed E-state index contributed by atoms with van der Waals surface area (Å²) >= 11 is 0. The summed E-state index contributed by atoms with van der Waals surface area (Å²) in [5.74, 6) is 5.25. The highest BCUT2D eigenvalue weighted by Gasteiger charge is 2.20. The van der Waals surface area contributed by atoms with Gasteiger partial charge in [0.05, 0.1) is 11.7 Å². The fourth-order valence-corrected chi connectivity index (χ4v) is 2.71. The van der Waals surface area contributed by atoms with Crippen molar-refractivity contribution in [3.63, 3.8) is 0 Å². The fourth-order valence-electron chi connectivity index (χ4n) is 2.71. The van der Waals surface area contributed by atoms with E-state index in [2.05, 4.69) is 22.5 Å². The highest BCUT2D eigenvalue weighted by Crippen LogP contribution is 2.28. The van der Waals surface area contributed by atoms with Gasteiger partial charge in [0.25, 0.3) is 0 Å². The van der Waals surface area contributed by atoms with Gasteiger partial charge in [-0.2, -0.15) is 0 Å². The Morgan fingerprint density at radius 2 is 2.05 bits per heavy atom. The number of hydrogen-bond donors (Lipinski definition) is 2. The molecule has 0 fully saturated rings. The number of halogens is 1. The quantitative estimate of drug-likeness (QED) is 0.655. The molecular formula is C15H16FN3. The smallest absolute Gasteiger partial charge is 0.146 e. The van der Waals surface area contributed by atoms with Gasteiger partial charge in [-0.1, -0.05) is 18.2 Å². The first kappa shape index (κ1) is 12.3. The third kappa shape index (κ3) is 2.25. The van der Waals surface area contributed by atoms with Gasteiger partial charge in [0, 0.05) is 6.20 Å². The molecule has 0 saturated carbocycles. The fraction of sp³-hybridized carbons (Fsp3) is 0.267. The van der Waals surface area contributed by atoms with Crippen LogP contribution in [0.1, 0.15) is 34.8 Å². The summed E-state index contributed by atoms with van der Waals surface area (Å²) in [6.45, 7) is 0. The van der Waals surface area contributed by atoms with Gasteiger partial charge in [0.2, 0.25) is 0 Å². The highest BCUT2D eigenvalue weighted by atomic mass is 19.1. The van der Waals surface area contributed by atoms with Crippen LogP contribution in [0.2, 0.25) is 0 Å². The molecule has 3 rings (SSSR count). The van der Waals surface area contributed by atoms with Crippen molar-refractivity contribution in [2.45, 2.75) is 25.3 Å². The van der Waals surface area contributed by atoms with Crippen molar-refractivity contribution < 1.29 is 4.39 Å². The second-order valence-corrected chi connectivity index (χ2v) is 4.85. The molecule has 3 nitrogen and oxygen atoms in total. The summed E-state index contributed by atoms with van der Waals surface area (Å²) in [6, 6.07) is 8.80. The molecule has 98 valence electrons. The molecule has 0 radical (unpaired) electrons. The van der Waals surface area contributed by atoms with Crippen LogP contribution >= 0.6 is 0 Å².